The van der Waals surface area contributed by atoms with Crippen molar-refractivity contribution in [2.24, 2.45) is 5.41 Å². The molecule has 0 aliphatic carbocycles. The molecular weight excluding hydrogens is 374 g/mol. The molecule has 5 heteroatoms. The number of hydrogen-bond donors (Lipinski definition) is 0. The second-order valence-corrected chi connectivity index (χ2v) is 9.00. The smallest absolute Gasteiger partial charge is 0.254 e. The predicted octanol–water partition coefficient (Wildman–Crippen LogP) is 3.79. The Kier molecular flexibility index (Phi) is 6.49. The van der Waals surface area contributed by atoms with Crippen molar-refractivity contribution in [2.45, 2.75) is 45.3 Å². The molecule has 1 aromatic carbocycles. The summed E-state index contributed by atoms with van der Waals surface area (Å²) in [6, 6.07) is 12.1. The predicted molar refractivity (Wildman–Crippen MR) is 118 cm³/mol. The zero-order valence-electron chi connectivity index (χ0n) is 18.2. The van der Waals surface area contributed by atoms with Gasteiger partial charge in [0.1, 0.15) is 0 Å². The monoisotopic (exact) mass is 407 g/mol. The highest BCUT2D eigenvalue weighted by Crippen LogP contribution is 2.42. The number of aryl methyl sites for hydroxylation is 1. The van der Waals surface area contributed by atoms with Crippen LogP contribution in [0.25, 0.3) is 0 Å². The summed E-state index contributed by atoms with van der Waals surface area (Å²) in [5.41, 5.74) is 3.48. The zero-order valence-corrected chi connectivity index (χ0v) is 18.2. The molecule has 2 aliphatic rings. The minimum atomic E-state index is 0.189. The fraction of sp³-hybridized carbons (Fsp3) is 0.520. The summed E-state index contributed by atoms with van der Waals surface area (Å²) in [6.45, 7) is 6.42. The summed E-state index contributed by atoms with van der Waals surface area (Å²) in [4.78, 5) is 21.6. The molecule has 0 radical (unpaired) electrons. The fourth-order valence-corrected chi connectivity index (χ4v) is 4.97. The third-order valence-electron chi connectivity index (χ3n) is 6.72. The van der Waals surface area contributed by atoms with Crippen LogP contribution in [0.2, 0.25) is 0 Å². The van der Waals surface area contributed by atoms with Crippen molar-refractivity contribution in [3.05, 3.63) is 65.5 Å². The van der Waals surface area contributed by atoms with Crippen molar-refractivity contribution >= 4 is 5.91 Å². The molecule has 2 aliphatic heterocycles. The Balaban J connectivity index is 1.29. The van der Waals surface area contributed by atoms with Crippen molar-refractivity contribution in [2.75, 3.05) is 33.3 Å². The van der Waals surface area contributed by atoms with E-state index in [0.29, 0.717) is 0 Å². The summed E-state index contributed by atoms with van der Waals surface area (Å²) in [6.07, 6.45) is 8.07. The van der Waals surface area contributed by atoms with Crippen LogP contribution >= 0.6 is 0 Å². The van der Waals surface area contributed by atoms with Gasteiger partial charge in [-0.25, -0.2) is 0 Å². The van der Waals surface area contributed by atoms with Crippen molar-refractivity contribution in [1.29, 1.82) is 0 Å². The highest BCUT2D eigenvalue weighted by atomic mass is 16.5. The van der Waals surface area contributed by atoms with Crippen LogP contribution in [0.1, 0.15) is 47.7 Å². The first kappa shape index (κ1) is 21.0. The third kappa shape index (κ3) is 4.73. The van der Waals surface area contributed by atoms with Crippen LogP contribution in [-0.4, -0.2) is 60.1 Å². The number of hydrogen-bond acceptors (Lipinski definition) is 4. The van der Waals surface area contributed by atoms with Crippen molar-refractivity contribution in [1.82, 2.24) is 14.8 Å². The Labute approximate surface area is 180 Å². The van der Waals surface area contributed by atoms with Crippen LogP contribution in [0.3, 0.4) is 0 Å². The molecule has 3 heterocycles. The molecule has 0 saturated carbocycles. The molecule has 2 aromatic rings. The van der Waals surface area contributed by atoms with Gasteiger partial charge < -0.3 is 9.64 Å². The maximum Gasteiger partial charge on any atom is 0.254 e. The number of ether oxygens (including phenoxy) is 1. The Bertz CT molecular complexity index is 846. The van der Waals surface area contributed by atoms with E-state index < -0.39 is 0 Å². The number of pyridine rings is 1. The number of amides is 1. The summed E-state index contributed by atoms with van der Waals surface area (Å²) in [7, 11) is 2.15. The number of benzene rings is 1. The molecule has 2 fully saturated rings. The van der Waals surface area contributed by atoms with Gasteiger partial charge >= 0.3 is 0 Å². The van der Waals surface area contributed by atoms with Gasteiger partial charge in [-0.15, -0.1) is 0 Å². The number of nitrogens with zero attached hydrogens (tertiary/aromatic N) is 3. The van der Waals surface area contributed by atoms with E-state index in [0.717, 1.165) is 69.6 Å². The van der Waals surface area contributed by atoms with E-state index in [1.54, 1.807) is 0 Å². The Morgan fingerprint density at radius 2 is 2.03 bits per heavy atom. The van der Waals surface area contributed by atoms with Crippen molar-refractivity contribution in [3.63, 3.8) is 0 Å². The molecule has 4 rings (SSSR count). The SMILES string of the molecule is CCc1ccccc1C(=O)N1CCC2(CC1)COC(CN(C)Cc1cccnc1)C2. The summed E-state index contributed by atoms with van der Waals surface area (Å²) in [5, 5.41) is 0. The molecule has 1 amide bonds. The van der Waals surface area contributed by atoms with Crippen LogP contribution < -0.4 is 0 Å². The minimum Gasteiger partial charge on any atom is -0.376 e. The first-order valence-corrected chi connectivity index (χ1v) is 11.1. The summed E-state index contributed by atoms with van der Waals surface area (Å²) in [5.74, 6) is 0.189. The summed E-state index contributed by atoms with van der Waals surface area (Å²) < 4.78 is 6.21. The number of likely N-dealkylation sites (tertiary alicyclic amines) is 1. The van der Waals surface area contributed by atoms with Crippen LogP contribution in [0.15, 0.2) is 48.8 Å². The zero-order chi connectivity index (χ0) is 21.0. The first-order valence-electron chi connectivity index (χ1n) is 11.1. The second-order valence-electron chi connectivity index (χ2n) is 9.00. The van der Waals surface area contributed by atoms with Crippen LogP contribution in [0, 0.1) is 5.41 Å². The molecule has 1 atom stereocenters. The average Bonchev–Trinajstić information content (AvgIpc) is 3.16. The van der Waals surface area contributed by atoms with Crippen LogP contribution in [0.5, 0.6) is 0 Å². The first-order chi connectivity index (χ1) is 14.6. The molecule has 0 bridgehead atoms. The number of carbonyl (C=O) groups excluding carboxylic acids is 1. The normalized spacial score (nSPS) is 20.8. The molecule has 1 spiro atoms. The maximum atomic E-state index is 13.0. The number of piperidine rings is 1. The lowest BCUT2D eigenvalue weighted by atomic mass is 9.76. The van der Waals surface area contributed by atoms with Gasteiger partial charge in [-0.2, -0.15) is 0 Å². The van der Waals surface area contributed by atoms with E-state index in [1.165, 1.54) is 5.56 Å². The van der Waals surface area contributed by atoms with E-state index in [4.69, 9.17) is 4.74 Å². The molecule has 160 valence electrons. The van der Waals surface area contributed by atoms with Gasteiger partial charge in [0.15, 0.2) is 0 Å². The van der Waals surface area contributed by atoms with Crippen molar-refractivity contribution in [3.8, 4) is 0 Å². The number of carbonyl (C=O) groups is 1. The Morgan fingerprint density at radius 3 is 2.77 bits per heavy atom. The topological polar surface area (TPSA) is 45.7 Å². The molecule has 0 N–H and O–H groups in total. The highest BCUT2D eigenvalue weighted by Gasteiger charge is 2.43. The highest BCUT2D eigenvalue weighted by molar-refractivity contribution is 5.95. The van der Waals surface area contributed by atoms with E-state index in [2.05, 4.69) is 36.0 Å². The fourth-order valence-electron chi connectivity index (χ4n) is 4.97. The maximum absolute atomic E-state index is 13.0. The van der Waals surface area contributed by atoms with Gasteiger partial charge in [0, 0.05) is 44.1 Å². The van der Waals surface area contributed by atoms with Gasteiger partial charge in [0.25, 0.3) is 5.91 Å². The van der Waals surface area contributed by atoms with E-state index in [-0.39, 0.29) is 17.4 Å². The number of aromatic nitrogens is 1. The van der Waals surface area contributed by atoms with Crippen LogP contribution in [0.4, 0.5) is 0 Å². The third-order valence-corrected chi connectivity index (χ3v) is 6.72. The van der Waals surface area contributed by atoms with Gasteiger partial charge in [0.05, 0.1) is 12.7 Å². The van der Waals surface area contributed by atoms with E-state index in [9.17, 15) is 4.79 Å². The standard InChI is InChI=1S/C25H33N3O2/c1-3-21-8-4-5-9-23(21)24(29)28-13-10-25(11-14-28)15-22(30-19-25)18-27(2)17-20-7-6-12-26-16-20/h4-9,12,16,22H,3,10-11,13-15,17-19H2,1-2H3. The van der Waals surface area contributed by atoms with Gasteiger partial charge in [-0.3, -0.25) is 14.7 Å². The van der Waals surface area contributed by atoms with Crippen molar-refractivity contribution < 1.29 is 9.53 Å². The number of likely N-dealkylation sites (N-methyl/N-ethyl adjacent to an activating group) is 1. The van der Waals surface area contributed by atoms with E-state index in [1.807, 2.05) is 41.6 Å². The molecule has 2 saturated heterocycles. The van der Waals surface area contributed by atoms with E-state index >= 15 is 0 Å². The van der Waals surface area contributed by atoms with Gasteiger partial charge in [-0.05, 0) is 61.4 Å². The molecule has 1 aromatic heterocycles. The minimum absolute atomic E-state index is 0.189. The Morgan fingerprint density at radius 1 is 1.23 bits per heavy atom. The average molecular weight is 408 g/mol. The lowest BCUT2D eigenvalue weighted by molar-refractivity contribution is 0.0456. The number of rotatable bonds is 6. The van der Waals surface area contributed by atoms with Crippen LogP contribution in [-0.2, 0) is 17.7 Å². The Hall–Kier alpha value is -2.24. The lowest BCUT2D eigenvalue weighted by Gasteiger charge is -2.38. The quantitative estimate of drug-likeness (QED) is 0.731. The lowest BCUT2D eigenvalue weighted by Crippen LogP contribution is -2.44. The molecule has 30 heavy (non-hydrogen) atoms. The summed E-state index contributed by atoms with van der Waals surface area (Å²) >= 11 is 0. The molecule has 5 nitrogen and oxygen atoms in total. The molecule has 1 unspecified atom stereocenters. The second kappa shape index (κ2) is 9.27. The largest absolute Gasteiger partial charge is 0.376 e. The molecular formula is C25H33N3O2. The van der Waals surface area contributed by atoms with Gasteiger partial charge in [-0.1, -0.05) is 31.2 Å². The van der Waals surface area contributed by atoms with Gasteiger partial charge in [0.2, 0.25) is 0 Å².